The summed E-state index contributed by atoms with van der Waals surface area (Å²) in [7, 11) is 3.16. The van der Waals surface area contributed by atoms with Crippen LogP contribution in [-0.4, -0.2) is 31.3 Å². The Balaban J connectivity index is 2.75. The minimum atomic E-state index is -0.843. The van der Waals surface area contributed by atoms with Gasteiger partial charge in [0.25, 0.3) is 0 Å². The predicted molar refractivity (Wildman–Crippen MR) is 68.1 cm³/mol. The first-order valence-corrected chi connectivity index (χ1v) is 5.79. The van der Waals surface area contributed by atoms with E-state index in [0.29, 0.717) is 24.5 Å². The van der Waals surface area contributed by atoms with E-state index in [-0.39, 0.29) is 0 Å². The number of benzene rings is 1. The maximum absolute atomic E-state index is 10.9. The Morgan fingerprint density at radius 1 is 1.39 bits per heavy atom. The highest BCUT2D eigenvalue weighted by Gasteiger charge is 2.14. The Bertz CT molecular complexity index is 406. The van der Waals surface area contributed by atoms with Crippen LogP contribution < -0.4 is 14.8 Å². The SMILES string of the molecule is CC[C@@H](NCc1ccc(OC)cc1OC)C(=O)O. The maximum atomic E-state index is 10.9. The fourth-order valence-corrected chi connectivity index (χ4v) is 1.64. The van der Waals surface area contributed by atoms with Crippen molar-refractivity contribution < 1.29 is 19.4 Å². The molecular formula is C13H19NO4. The second kappa shape index (κ2) is 6.86. The van der Waals surface area contributed by atoms with E-state index >= 15 is 0 Å². The lowest BCUT2D eigenvalue weighted by atomic mass is 10.1. The molecule has 0 radical (unpaired) electrons. The number of carboxylic acid groups (broad SMARTS) is 1. The summed E-state index contributed by atoms with van der Waals surface area (Å²) >= 11 is 0. The zero-order chi connectivity index (χ0) is 13.5. The lowest BCUT2D eigenvalue weighted by Crippen LogP contribution is -2.35. The highest BCUT2D eigenvalue weighted by atomic mass is 16.5. The number of hydrogen-bond acceptors (Lipinski definition) is 4. The summed E-state index contributed by atoms with van der Waals surface area (Å²) in [4.78, 5) is 10.9. The number of rotatable bonds is 7. The molecule has 1 aromatic rings. The summed E-state index contributed by atoms with van der Waals surface area (Å²) in [6.45, 7) is 2.27. The van der Waals surface area contributed by atoms with Crippen molar-refractivity contribution in [1.29, 1.82) is 0 Å². The van der Waals surface area contributed by atoms with Gasteiger partial charge in [-0.1, -0.05) is 13.0 Å². The van der Waals surface area contributed by atoms with Crippen LogP contribution in [0.2, 0.25) is 0 Å². The van der Waals surface area contributed by atoms with Crippen molar-refractivity contribution in [2.45, 2.75) is 25.9 Å². The molecule has 1 aromatic carbocycles. The molecule has 5 heteroatoms. The normalized spacial score (nSPS) is 11.9. The maximum Gasteiger partial charge on any atom is 0.320 e. The lowest BCUT2D eigenvalue weighted by molar-refractivity contribution is -0.139. The van der Waals surface area contributed by atoms with Gasteiger partial charge < -0.3 is 19.9 Å². The minimum Gasteiger partial charge on any atom is -0.497 e. The Kier molecular flexibility index (Phi) is 5.45. The van der Waals surface area contributed by atoms with Gasteiger partial charge in [0.1, 0.15) is 17.5 Å². The van der Waals surface area contributed by atoms with Crippen LogP contribution in [0.5, 0.6) is 11.5 Å². The van der Waals surface area contributed by atoms with Crippen LogP contribution >= 0.6 is 0 Å². The summed E-state index contributed by atoms with van der Waals surface area (Å²) < 4.78 is 10.3. The van der Waals surface area contributed by atoms with E-state index in [9.17, 15) is 4.79 Å². The molecule has 0 saturated carbocycles. The molecular weight excluding hydrogens is 234 g/mol. The molecule has 0 spiro atoms. The molecule has 0 saturated heterocycles. The number of methoxy groups -OCH3 is 2. The number of carboxylic acids is 1. The fraction of sp³-hybridized carbons (Fsp3) is 0.462. The summed E-state index contributed by atoms with van der Waals surface area (Å²) in [5.74, 6) is 0.549. The van der Waals surface area contributed by atoms with Crippen LogP contribution in [0.1, 0.15) is 18.9 Å². The van der Waals surface area contributed by atoms with Crippen LogP contribution in [-0.2, 0) is 11.3 Å². The molecule has 100 valence electrons. The molecule has 1 atom stereocenters. The Morgan fingerprint density at radius 2 is 2.11 bits per heavy atom. The third-order valence-electron chi connectivity index (χ3n) is 2.74. The molecule has 0 aliphatic rings. The lowest BCUT2D eigenvalue weighted by Gasteiger charge is -2.14. The molecule has 0 aliphatic heterocycles. The molecule has 1 rings (SSSR count). The minimum absolute atomic E-state index is 0.442. The zero-order valence-electron chi connectivity index (χ0n) is 10.9. The van der Waals surface area contributed by atoms with Crippen molar-refractivity contribution in [3.8, 4) is 11.5 Å². The molecule has 0 unspecified atom stereocenters. The molecule has 0 heterocycles. The molecule has 0 aliphatic carbocycles. The van der Waals surface area contributed by atoms with E-state index in [1.807, 2.05) is 19.1 Å². The van der Waals surface area contributed by atoms with Crippen molar-refractivity contribution in [3.05, 3.63) is 23.8 Å². The van der Waals surface area contributed by atoms with Gasteiger partial charge in [0.15, 0.2) is 0 Å². The number of nitrogens with one attached hydrogen (secondary N) is 1. The highest BCUT2D eigenvalue weighted by Crippen LogP contribution is 2.24. The Hall–Kier alpha value is -1.75. The van der Waals surface area contributed by atoms with Gasteiger partial charge in [0, 0.05) is 18.2 Å². The average molecular weight is 253 g/mol. The first kappa shape index (κ1) is 14.3. The first-order valence-electron chi connectivity index (χ1n) is 5.79. The quantitative estimate of drug-likeness (QED) is 0.773. The van der Waals surface area contributed by atoms with E-state index in [4.69, 9.17) is 14.6 Å². The molecule has 18 heavy (non-hydrogen) atoms. The molecule has 0 amide bonds. The largest absolute Gasteiger partial charge is 0.497 e. The summed E-state index contributed by atoms with van der Waals surface area (Å²) in [6, 6.07) is 4.91. The van der Waals surface area contributed by atoms with Crippen LogP contribution in [0.25, 0.3) is 0 Å². The van der Waals surface area contributed by atoms with Gasteiger partial charge in [-0.3, -0.25) is 4.79 Å². The monoisotopic (exact) mass is 253 g/mol. The van der Waals surface area contributed by atoms with E-state index in [1.54, 1.807) is 20.3 Å². The molecule has 5 nitrogen and oxygen atoms in total. The van der Waals surface area contributed by atoms with Crippen LogP contribution in [0.3, 0.4) is 0 Å². The van der Waals surface area contributed by atoms with Gasteiger partial charge in [0.2, 0.25) is 0 Å². The average Bonchev–Trinajstić information content (AvgIpc) is 2.39. The summed E-state index contributed by atoms with van der Waals surface area (Å²) in [6.07, 6.45) is 0.536. The molecule has 0 fully saturated rings. The third-order valence-corrected chi connectivity index (χ3v) is 2.74. The zero-order valence-corrected chi connectivity index (χ0v) is 10.9. The van der Waals surface area contributed by atoms with E-state index in [1.165, 1.54) is 0 Å². The van der Waals surface area contributed by atoms with Crippen molar-refractivity contribution in [2.24, 2.45) is 0 Å². The predicted octanol–water partition coefficient (Wildman–Crippen LogP) is 1.66. The van der Waals surface area contributed by atoms with Gasteiger partial charge in [-0.25, -0.2) is 0 Å². The Morgan fingerprint density at radius 3 is 2.61 bits per heavy atom. The van der Waals surface area contributed by atoms with Gasteiger partial charge in [0.05, 0.1) is 14.2 Å². The van der Waals surface area contributed by atoms with E-state index in [0.717, 1.165) is 5.56 Å². The van der Waals surface area contributed by atoms with Crippen molar-refractivity contribution in [3.63, 3.8) is 0 Å². The molecule has 0 bridgehead atoms. The first-order chi connectivity index (χ1) is 8.62. The van der Waals surface area contributed by atoms with Crippen molar-refractivity contribution >= 4 is 5.97 Å². The summed E-state index contributed by atoms with van der Waals surface area (Å²) in [5, 5.41) is 11.9. The number of ether oxygens (including phenoxy) is 2. The molecule has 2 N–H and O–H groups in total. The Labute approximate surface area is 107 Å². The third kappa shape index (κ3) is 3.63. The second-order valence-electron chi connectivity index (χ2n) is 3.86. The van der Waals surface area contributed by atoms with Crippen LogP contribution in [0.4, 0.5) is 0 Å². The number of aliphatic carboxylic acids is 1. The summed E-state index contributed by atoms with van der Waals surface area (Å²) in [5.41, 5.74) is 0.901. The standard InChI is InChI=1S/C13H19NO4/c1-4-11(13(15)16)14-8-9-5-6-10(17-2)7-12(9)18-3/h5-7,11,14H,4,8H2,1-3H3,(H,15,16)/t11-/m1/s1. The van der Waals surface area contributed by atoms with Gasteiger partial charge in [-0.05, 0) is 12.5 Å². The van der Waals surface area contributed by atoms with E-state index in [2.05, 4.69) is 5.32 Å². The number of carbonyl (C=O) groups is 1. The van der Waals surface area contributed by atoms with Crippen LogP contribution in [0.15, 0.2) is 18.2 Å². The van der Waals surface area contributed by atoms with Gasteiger partial charge >= 0.3 is 5.97 Å². The van der Waals surface area contributed by atoms with Gasteiger partial charge in [-0.2, -0.15) is 0 Å². The van der Waals surface area contributed by atoms with E-state index < -0.39 is 12.0 Å². The molecule has 0 aromatic heterocycles. The topological polar surface area (TPSA) is 67.8 Å². The number of hydrogen-bond donors (Lipinski definition) is 2. The highest BCUT2D eigenvalue weighted by molar-refractivity contribution is 5.73. The smallest absolute Gasteiger partial charge is 0.320 e. The van der Waals surface area contributed by atoms with Gasteiger partial charge in [-0.15, -0.1) is 0 Å². The second-order valence-corrected chi connectivity index (χ2v) is 3.86. The van der Waals surface area contributed by atoms with Crippen LogP contribution in [0, 0.1) is 0 Å². The fourth-order valence-electron chi connectivity index (χ4n) is 1.64. The van der Waals surface area contributed by atoms with Crippen molar-refractivity contribution in [1.82, 2.24) is 5.32 Å². The van der Waals surface area contributed by atoms with Crippen molar-refractivity contribution in [2.75, 3.05) is 14.2 Å².